The fourth-order valence-electron chi connectivity index (χ4n) is 3.03. The first-order valence-electron chi connectivity index (χ1n) is 8.61. The minimum Gasteiger partial charge on any atom is -0.508 e. The molecule has 0 aliphatic carbocycles. The SMILES string of the molecule is CCC(=O)c1ccc(-c2cnc(N)c(-c3ccc(O)cc3)c2CC)cn1. The Balaban J connectivity index is 2.12. The molecule has 3 N–H and O–H groups in total. The summed E-state index contributed by atoms with van der Waals surface area (Å²) in [6.45, 7) is 3.88. The third-order valence-electron chi connectivity index (χ3n) is 4.41. The first-order chi connectivity index (χ1) is 12.5. The van der Waals surface area contributed by atoms with Gasteiger partial charge in [-0.05, 0) is 35.7 Å². The Bertz CT molecular complexity index is 933. The van der Waals surface area contributed by atoms with Gasteiger partial charge in [-0.25, -0.2) is 4.98 Å². The molecule has 2 aromatic heterocycles. The number of hydrogen-bond donors (Lipinski definition) is 2. The van der Waals surface area contributed by atoms with Crippen LogP contribution in [0.3, 0.4) is 0 Å². The monoisotopic (exact) mass is 347 g/mol. The number of anilines is 1. The smallest absolute Gasteiger partial charge is 0.180 e. The Hall–Kier alpha value is -3.21. The van der Waals surface area contributed by atoms with E-state index in [-0.39, 0.29) is 11.5 Å². The lowest BCUT2D eigenvalue weighted by molar-refractivity contribution is 0.0983. The zero-order valence-corrected chi connectivity index (χ0v) is 14.9. The minimum atomic E-state index is 0.0208. The summed E-state index contributed by atoms with van der Waals surface area (Å²) in [6.07, 6.45) is 4.64. The van der Waals surface area contributed by atoms with E-state index in [1.165, 1.54) is 0 Å². The van der Waals surface area contributed by atoms with E-state index in [9.17, 15) is 9.90 Å². The molecule has 0 radical (unpaired) electrons. The van der Waals surface area contributed by atoms with E-state index in [4.69, 9.17) is 5.73 Å². The fraction of sp³-hybridized carbons (Fsp3) is 0.190. The Labute approximate surface area is 152 Å². The van der Waals surface area contributed by atoms with E-state index >= 15 is 0 Å². The number of nitrogens with zero attached hydrogens (tertiary/aromatic N) is 2. The standard InChI is InChI=1S/C21H21N3O2/c1-3-16-17(14-7-10-18(23-11-14)19(26)4-2)12-24-21(22)20(16)13-5-8-15(25)9-6-13/h5-12,25H,3-4H2,1-2H3,(H2,22,24). The van der Waals surface area contributed by atoms with E-state index in [0.717, 1.165) is 34.2 Å². The number of phenolic OH excluding ortho intramolecular Hbond substituents is 1. The van der Waals surface area contributed by atoms with Crippen molar-refractivity contribution in [2.24, 2.45) is 0 Å². The van der Waals surface area contributed by atoms with Crippen molar-refractivity contribution in [3.8, 4) is 28.0 Å². The van der Waals surface area contributed by atoms with Gasteiger partial charge in [0.15, 0.2) is 5.78 Å². The van der Waals surface area contributed by atoms with E-state index in [1.54, 1.807) is 30.6 Å². The van der Waals surface area contributed by atoms with E-state index in [0.29, 0.717) is 17.9 Å². The normalized spacial score (nSPS) is 10.7. The van der Waals surface area contributed by atoms with Crippen molar-refractivity contribution in [1.29, 1.82) is 0 Å². The maximum atomic E-state index is 11.8. The summed E-state index contributed by atoms with van der Waals surface area (Å²) < 4.78 is 0. The summed E-state index contributed by atoms with van der Waals surface area (Å²) in [5, 5.41) is 9.54. The second kappa shape index (κ2) is 7.35. The highest BCUT2D eigenvalue weighted by molar-refractivity contribution is 5.94. The van der Waals surface area contributed by atoms with Gasteiger partial charge in [-0.2, -0.15) is 0 Å². The number of hydrogen-bond acceptors (Lipinski definition) is 5. The van der Waals surface area contributed by atoms with Gasteiger partial charge in [-0.1, -0.05) is 32.0 Å². The zero-order valence-electron chi connectivity index (χ0n) is 14.9. The molecule has 26 heavy (non-hydrogen) atoms. The van der Waals surface area contributed by atoms with Crippen LogP contribution in [0, 0.1) is 0 Å². The van der Waals surface area contributed by atoms with Gasteiger partial charge in [0.25, 0.3) is 0 Å². The van der Waals surface area contributed by atoms with Crippen LogP contribution in [-0.2, 0) is 6.42 Å². The van der Waals surface area contributed by atoms with Gasteiger partial charge in [0.2, 0.25) is 0 Å². The van der Waals surface area contributed by atoms with Gasteiger partial charge in [0, 0.05) is 35.5 Å². The lowest BCUT2D eigenvalue weighted by Crippen LogP contribution is -2.03. The number of carbonyl (C=O) groups is 1. The molecule has 5 nitrogen and oxygen atoms in total. The summed E-state index contributed by atoms with van der Waals surface area (Å²) in [7, 11) is 0. The van der Waals surface area contributed by atoms with Crippen LogP contribution < -0.4 is 5.73 Å². The van der Waals surface area contributed by atoms with Crippen molar-refractivity contribution in [3.63, 3.8) is 0 Å². The number of aromatic hydroxyl groups is 1. The third kappa shape index (κ3) is 3.28. The summed E-state index contributed by atoms with van der Waals surface area (Å²) in [5.74, 6) is 0.671. The first-order valence-corrected chi connectivity index (χ1v) is 8.61. The summed E-state index contributed by atoms with van der Waals surface area (Å²) >= 11 is 0. The fourth-order valence-corrected chi connectivity index (χ4v) is 3.03. The molecule has 2 heterocycles. The quantitative estimate of drug-likeness (QED) is 0.673. The second-order valence-corrected chi connectivity index (χ2v) is 6.02. The molecule has 0 atom stereocenters. The lowest BCUT2D eigenvalue weighted by atomic mass is 9.92. The number of ketones is 1. The maximum absolute atomic E-state index is 11.8. The summed E-state index contributed by atoms with van der Waals surface area (Å²) in [4.78, 5) is 20.4. The van der Waals surface area contributed by atoms with Gasteiger partial charge in [0.1, 0.15) is 17.3 Å². The van der Waals surface area contributed by atoms with Crippen LogP contribution in [-0.4, -0.2) is 20.9 Å². The van der Waals surface area contributed by atoms with Crippen molar-refractivity contribution in [2.75, 3.05) is 5.73 Å². The topological polar surface area (TPSA) is 89.1 Å². The lowest BCUT2D eigenvalue weighted by Gasteiger charge is -2.16. The number of rotatable bonds is 5. The molecule has 0 spiro atoms. The van der Waals surface area contributed by atoms with Gasteiger partial charge < -0.3 is 10.8 Å². The largest absolute Gasteiger partial charge is 0.508 e. The van der Waals surface area contributed by atoms with Crippen LogP contribution in [0.5, 0.6) is 5.75 Å². The predicted molar refractivity (Wildman–Crippen MR) is 103 cm³/mol. The average molecular weight is 347 g/mol. The van der Waals surface area contributed by atoms with Crippen molar-refractivity contribution in [2.45, 2.75) is 26.7 Å². The molecule has 132 valence electrons. The predicted octanol–water partition coefficient (Wildman–Crippen LogP) is 4.25. The third-order valence-corrected chi connectivity index (χ3v) is 4.41. The molecular weight excluding hydrogens is 326 g/mol. The molecule has 0 amide bonds. The number of Topliss-reactive ketones (excluding diaryl/α,β-unsaturated/α-hetero) is 1. The first kappa shape index (κ1) is 17.6. The Morgan fingerprint density at radius 3 is 2.27 bits per heavy atom. The van der Waals surface area contributed by atoms with Crippen LogP contribution in [0.15, 0.2) is 48.8 Å². The molecule has 3 aromatic rings. The summed E-state index contributed by atoms with van der Waals surface area (Å²) in [6, 6.07) is 10.6. The maximum Gasteiger partial charge on any atom is 0.180 e. The van der Waals surface area contributed by atoms with Crippen molar-refractivity contribution >= 4 is 11.6 Å². The molecule has 0 aliphatic heterocycles. The van der Waals surface area contributed by atoms with Crippen LogP contribution in [0.2, 0.25) is 0 Å². The van der Waals surface area contributed by atoms with E-state index in [1.807, 2.05) is 25.1 Å². The molecule has 0 aliphatic rings. The zero-order chi connectivity index (χ0) is 18.7. The highest BCUT2D eigenvalue weighted by Crippen LogP contribution is 2.36. The molecule has 0 fully saturated rings. The molecule has 3 rings (SSSR count). The van der Waals surface area contributed by atoms with Crippen LogP contribution in [0.25, 0.3) is 22.3 Å². The highest BCUT2D eigenvalue weighted by Gasteiger charge is 2.16. The van der Waals surface area contributed by atoms with Gasteiger partial charge in [-0.15, -0.1) is 0 Å². The Morgan fingerprint density at radius 1 is 1.00 bits per heavy atom. The second-order valence-electron chi connectivity index (χ2n) is 6.02. The molecule has 1 aromatic carbocycles. The van der Waals surface area contributed by atoms with Gasteiger partial charge >= 0.3 is 0 Å². The summed E-state index contributed by atoms with van der Waals surface area (Å²) in [5.41, 5.74) is 11.3. The van der Waals surface area contributed by atoms with Crippen molar-refractivity contribution < 1.29 is 9.90 Å². The van der Waals surface area contributed by atoms with Crippen LogP contribution in [0.4, 0.5) is 5.82 Å². The van der Waals surface area contributed by atoms with Crippen LogP contribution in [0.1, 0.15) is 36.3 Å². The number of nitrogen functional groups attached to an aromatic ring is 1. The number of phenols is 1. The van der Waals surface area contributed by atoms with Gasteiger partial charge in [0.05, 0.1) is 0 Å². The Kier molecular flexibility index (Phi) is 4.98. The highest BCUT2D eigenvalue weighted by atomic mass is 16.3. The number of nitrogens with two attached hydrogens (primary N) is 1. The number of aromatic nitrogens is 2. The van der Waals surface area contributed by atoms with Crippen molar-refractivity contribution in [1.82, 2.24) is 9.97 Å². The number of pyridine rings is 2. The average Bonchev–Trinajstić information content (AvgIpc) is 2.68. The molecular formula is C21H21N3O2. The molecule has 0 unspecified atom stereocenters. The molecule has 0 saturated heterocycles. The minimum absolute atomic E-state index is 0.0208. The number of benzene rings is 1. The number of carbonyl (C=O) groups excluding carboxylic acids is 1. The van der Waals surface area contributed by atoms with Crippen LogP contribution >= 0.6 is 0 Å². The molecule has 0 bridgehead atoms. The van der Waals surface area contributed by atoms with Crippen molar-refractivity contribution in [3.05, 3.63) is 60.0 Å². The van der Waals surface area contributed by atoms with E-state index < -0.39 is 0 Å². The molecule has 0 saturated carbocycles. The van der Waals surface area contributed by atoms with Gasteiger partial charge in [-0.3, -0.25) is 9.78 Å². The van der Waals surface area contributed by atoms with E-state index in [2.05, 4.69) is 16.9 Å². The molecule has 5 heteroatoms. The Morgan fingerprint density at radius 2 is 1.69 bits per heavy atom.